The number of sulfone groups is 1. The zero-order chi connectivity index (χ0) is 12.6. The highest BCUT2D eigenvalue weighted by atomic mass is 127. The first-order valence-corrected chi connectivity index (χ1v) is 8.73. The van der Waals surface area contributed by atoms with E-state index in [1.54, 1.807) is 46.9 Å². The molecule has 0 saturated carbocycles. The van der Waals surface area contributed by atoms with E-state index >= 15 is 0 Å². The first kappa shape index (κ1) is 14.9. The third kappa shape index (κ3) is 3.18. The molecular weight excluding hydrogens is 475 g/mol. The van der Waals surface area contributed by atoms with Crippen molar-refractivity contribution in [2.24, 2.45) is 0 Å². The smallest absolute Gasteiger partial charge is 0.206 e. The zero-order valence-electron chi connectivity index (χ0n) is 8.19. The van der Waals surface area contributed by atoms with Crippen LogP contribution in [0.2, 0.25) is 0 Å². The van der Waals surface area contributed by atoms with Crippen molar-refractivity contribution in [3.05, 3.63) is 34.3 Å². The Bertz CT molecular complexity index is 470. The molecule has 1 aromatic carbocycles. The van der Waals surface area contributed by atoms with E-state index in [9.17, 15) is 13.5 Å². The topological polar surface area (TPSA) is 54.4 Å². The number of aliphatic hydroxyl groups excluding tert-OH is 1. The van der Waals surface area contributed by atoms with Crippen molar-refractivity contribution < 1.29 is 13.5 Å². The molecule has 2 atom stereocenters. The van der Waals surface area contributed by atoms with Crippen LogP contribution in [0, 0.1) is 0 Å². The maximum Gasteiger partial charge on any atom is 0.206 e. The first-order chi connectivity index (χ1) is 7.16. The van der Waals surface area contributed by atoms with Crippen LogP contribution >= 0.6 is 54.5 Å². The van der Waals surface area contributed by atoms with Gasteiger partial charge in [0.1, 0.15) is 6.10 Å². The fourth-order valence-corrected chi connectivity index (χ4v) is 2.47. The summed E-state index contributed by atoms with van der Waals surface area (Å²) in [5.74, 6) is 0. The third-order valence-electron chi connectivity index (χ3n) is 2.00. The molecule has 0 unspecified atom stereocenters. The van der Waals surface area contributed by atoms with Gasteiger partial charge in [-0.2, -0.15) is 0 Å². The molecule has 1 aromatic rings. The van der Waals surface area contributed by atoms with Gasteiger partial charge in [-0.25, -0.2) is 8.42 Å². The summed E-state index contributed by atoms with van der Waals surface area (Å²) in [7, 11) is -3.42. The van der Waals surface area contributed by atoms with Gasteiger partial charge in [0.15, 0.2) is 9.84 Å². The molecule has 90 valence electrons. The molecule has 1 N–H and O–H groups in total. The van der Waals surface area contributed by atoms with E-state index in [1.807, 2.05) is 0 Å². The van der Waals surface area contributed by atoms with Crippen molar-refractivity contribution >= 4 is 64.3 Å². The molecule has 0 aromatic heterocycles. The fraction of sp³-hybridized carbons (Fsp3) is 0.333. The number of hydrogen-bond donors (Lipinski definition) is 1. The molecule has 0 spiro atoms. The average molecular weight is 484 g/mol. The molecule has 0 heterocycles. The average Bonchev–Trinajstić information content (AvgIpc) is 2.16. The summed E-state index contributed by atoms with van der Waals surface area (Å²) < 4.78 is 22.5. The van der Waals surface area contributed by atoms with Gasteiger partial charge >= 0.3 is 0 Å². The summed E-state index contributed by atoms with van der Waals surface area (Å²) >= 11 is 8.02. The van der Waals surface area contributed by atoms with Gasteiger partial charge in [-0.05, 0) is 40.3 Å². The van der Waals surface area contributed by atoms with Crippen LogP contribution in [0.4, 0.5) is 0 Å². The summed E-state index contributed by atoms with van der Waals surface area (Å²) in [5.41, 5.74) is 0.542. The van der Waals surface area contributed by atoms with Crippen molar-refractivity contribution in [2.75, 3.05) is 6.26 Å². The predicted molar refractivity (Wildman–Crippen MR) is 79.6 cm³/mol. The van der Waals surface area contributed by atoms with Crippen LogP contribution < -0.4 is 0 Å². The second-order valence-corrected chi connectivity index (χ2v) is 12.1. The molecular formula is C9H9Br2IO3S. The van der Waals surface area contributed by atoms with E-state index in [1.165, 1.54) is 0 Å². The molecule has 3 nitrogen and oxygen atoms in total. The van der Waals surface area contributed by atoms with Crippen LogP contribution in [0.15, 0.2) is 28.7 Å². The van der Waals surface area contributed by atoms with E-state index in [4.69, 9.17) is 0 Å². The van der Waals surface area contributed by atoms with E-state index in [2.05, 4.69) is 31.9 Å². The summed E-state index contributed by atoms with van der Waals surface area (Å²) in [5, 5.41) is 10.0. The number of rotatable bonds is 3. The van der Waals surface area contributed by atoms with Crippen LogP contribution in [0.5, 0.6) is 0 Å². The molecule has 7 heteroatoms. The lowest BCUT2D eigenvalue weighted by molar-refractivity contribution is 0.191. The van der Waals surface area contributed by atoms with E-state index in [-0.39, 0.29) is 0 Å². The third-order valence-corrected chi connectivity index (χ3v) is 8.93. The van der Waals surface area contributed by atoms with Gasteiger partial charge < -0.3 is 5.11 Å². The second-order valence-electron chi connectivity index (χ2n) is 3.29. The molecule has 0 aliphatic rings. The Hall–Kier alpha value is 0.820. The minimum atomic E-state index is -3.42. The minimum Gasteiger partial charge on any atom is -0.385 e. The Labute approximate surface area is 125 Å². The van der Waals surface area contributed by atoms with Crippen LogP contribution in [0.1, 0.15) is 11.7 Å². The zero-order valence-corrected chi connectivity index (χ0v) is 14.3. The second kappa shape index (κ2) is 5.21. The summed E-state index contributed by atoms with van der Waals surface area (Å²) in [6, 6.07) is 6.85. The molecule has 0 saturated heterocycles. The highest BCUT2D eigenvalue weighted by Gasteiger charge is 2.43. The van der Waals surface area contributed by atoms with Gasteiger partial charge in [-0.15, -0.1) is 0 Å². The quantitative estimate of drug-likeness (QED) is 0.531. The maximum atomic E-state index is 11.5. The highest BCUT2D eigenvalue weighted by Crippen LogP contribution is 2.44. The molecule has 1 rings (SSSR count). The number of halogens is 3. The molecule has 16 heavy (non-hydrogen) atoms. The van der Waals surface area contributed by atoms with Gasteiger partial charge in [-0.3, -0.25) is 0 Å². The van der Waals surface area contributed by atoms with Crippen molar-refractivity contribution in [3.63, 3.8) is 0 Å². The lowest BCUT2D eigenvalue weighted by Gasteiger charge is -2.25. The largest absolute Gasteiger partial charge is 0.385 e. The monoisotopic (exact) mass is 482 g/mol. The number of alkyl halides is 2. The van der Waals surface area contributed by atoms with Gasteiger partial charge in [-0.1, -0.05) is 44.0 Å². The predicted octanol–water partition coefficient (Wildman–Crippen LogP) is 3.01. The number of hydrogen-bond acceptors (Lipinski definition) is 3. The Balaban J connectivity index is 3.12. The Kier molecular flexibility index (Phi) is 4.85. The lowest BCUT2D eigenvalue weighted by Crippen LogP contribution is -2.31. The van der Waals surface area contributed by atoms with Crippen molar-refractivity contribution in [1.82, 2.24) is 0 Å². The van der Waals surface area contributed by atoms with Gasteiger partial charge in [0, 0.05) is 10.7 Å². The van der Waals surface area contributed by atoms with E-state index < -0.39 is 17.6 Å². The number of benzene rings is 1. The van der Waals surface area contributed by atoms with Gasteiger partial charge in [0.2, 0.25) is 1.66 Å². The number of aliphatic hydroxyl groups is 1. The van der Waals surface area contributed by atoms with E-state index in [0.29, 0.717) is 5.56 Å². The van der Waals surface area contributed by atoms with E-state index in [0.717, 1.165) is 10.7 Å². The highest BCUT2D eigenvalue weighted by molar-refractivity contribution is 14.1. The molecule has 0 bridgehead atoms. The SMILES string of the molecule is CS(=O)(=O)[C@@](Br)(I)[C@@H](O)c1ccc(Br)cc1. The Morgan fingerprint density at radius 2 is 1.81 bits per heavy atom. The van der Waals surface area contributed by atoms with Gasteiger partial charge in [0.25, 0.3) is 0 Å². The van der Waals surface area contributed by atoms with Crippen molar-refractivity contribution in [3.8, 4) is 0 Å². The normalized spacial score (nSPS) is 17.8. The van der Waals surface area contributed by atoms with Crippen LogP contribution in [0.25, 0.3) is 0 Å². The lowest BCUT2D eigenvalue weighted by atomic mass is 10.1. The Morgan fingerprint density at radius 3 is 2.19 bits per heavy atom. The maximum absolute atomic E-state index is 11.5. The van der Waals surface area contributed by atoms with Crippen molar-refractivity contribution in [2.45, 2.75) is 7.77 Å². The van der Waals surface area contributed by atoms with Crippen LogP contribution in [-0.2, 0) is 9.84 Å². The fourth-order valence-electron chi connectivity index (χ4n) is 1.04. The molecule has 0 radical (unpaired) electrons. The summed E-state index contributed by atoms with van der Waals surface area (Å²) in [4.78, 5) is 0. The van der Waals surface area contributed by atoms with Crippen LogP contribution in [-0.4, -0.2) is 21.4 Å². The molecule has 0 aliphatic heterocycles. The molecule has 0 fully saturated rings. The molecule has 0 aliphatic carbocycles. The minimum absolute atomic E-state index is 0.542. The summed E-state index contributed by atoms with van der Waals surface area (Å²) in [6.45, 7) is 0. The Morgan fingerprint density at radius 1 is 1.38 bits per heavy atom. The van der Waals surface area contributed by atoms with Crippen molar-refractivity contribution in [1.29, 1.82) is 0 Å². The molecule has 0 amide bonds. The standard InChI is InChI=1S/C9H9Br2IO3S/c1-16(14,15)9(11,12)8(13)6-2-4-7(10)5-3-6/h2-5,8,13H,1H3/t8-,9-/m0/s1. The summed E-state index contributed by atoms with van der Waals surface area (Å²) in [6.07, 6.45) is -0.0489. The van der Waals surface area contributed by atoms with Crippen LogP contribution in [0.3, 0.4) is 0 Å². The van der Waals surface area contributed by atoms with Gasteiger partial charge in [0.05, 0.1) is 0 Å². The first-order valence-electron chi connectivity index (χ1n) is 4.17.